The minimum absolute atomic E-state index is 0.0442. The fraction of sp³-hybridized carbons (Fsp3) is 0.333. The highest BCUT2D eigenvalue weighted by Crippen LogP contribution is 2.27. The molecule has 8 heteroatoms. The summed E-state index contributed by atoms with van der Waals surface area (Å²) in [6.45, 7) is 3.72. The lowest BCUT2D eigenvalue weighted by Gasteiger charge is -2.10. The van der Waals surface area contributed by atoms with Crippen LogP contribution in [0.15, 0.2) is 22.1 Å². The summed E-state index contributed by atoms with van der Waals surface area (Å²) in [6.07, 6.45) is 3.70. The maximum absolute atomic E-state index is 12.2. The molecule has 7 nitrogen and oxygen atoms in total. The molecule has 1 N–H and O–H groups in total. The number of hydrogen-bond donors (Lipinski definition) is 1. The van der Waals surface area contributed by atoms with E-state index in [-0.39, 0.29) is 5.57 Å². The summed E-state index contributed by atoms with van der Waals surface area (Å²) < 4.78 is 5.35. The molecular formula is C15H15N5O2S. The van der Waals surface area contributed by atoms with E-state index in [4.69, 9.17) is 9.68 Å². The lowest BCUT2D eigenvalue weighted by molar-refractivity contribution is -0.112. The van der Waals surface area contributed by atoms with Crippen LogP contribution in [0, 0.1) is 18.3 Å². The Hall–Kier alpha value is -2.66. The van der Waals surface area contributed by atoms with Gasteiger partial charge in [0, 0.05) is 19.2 Å². The maximum Gasteiger partial charge on any atom is 0.268 e. The van der Waals surface area contributed by atoms with E-state index in [1.807, 2.05) is 6.07 Å². The van der Waals surface area contributed by atoms with Gasteiger partial charge in [-0.1, -0.05) is 11.3 Å². The number of nitrogens with one attached hydrogen (secondary N) is 1. The Morgan fingerprint density at radius 1 is 1.43 bits per heavy atom. The van der Waals surface area contributed by atoms with Crippen LogP contribution in [0.1, 0.15) is 24.4 Å². The van der Waals surface area contributed by atoms with E-state index < -0.39 is 5.91 Å². The summed E-state index contributed by atoms with van der Waals surface area (Å²) in [4.78, 5) is 14.3. The molecule has 0 radical (unpaired) electrons. The Labute approximate surface area is 137 Å². The normalized spacial score (nSPS) is 14.8. The summed E-state index contributed by atoms with van der Waals surface area (Å²) >= 11 is 1.31. The number of aryl methyl sites for hydroxylation is 1. The molecule has 23 heavy (non-hydrogen) atoms. The van der Waals surface area contributed by atoms with Crippen LogP contribution >= 0.6 is 11.3 Å². The minimum Gasteiger partial charge on any atom is -0.462 e. The van der Waals surface area contributed by atoms with Gasteiger partial charge in [0.25, 0.3) is 5.91 Å². The molecule has 1 aliphatic heterocycles. The van der Waals surface area contributed by atoms with E-state index in [1.54, 1.807) is 19.1 Å². The Balaban J connectivity index is 1.70. The Morgan fingerprint density at radius 2 is 2.22 bits per heavy atom. The first-order chi connectivity index (χ1) is 11.2. The Bertz CT molecular complexity index is 780. The van der Waals surface area contributed by atoms with E-state index in [9.17, 15) is 4.79 Å². The van der Waals surface area contributed by atoms with Crippen LogP contribution in [-0.2, 0) is 4.79 Å². The van der Waals surface area contributed by atoms with Crippen molar-refractivity contribution >= 4 is 33.6 Å². The van der Waals surface area contributed by atoms with E-state index in [1.165, 1.54) is 17.4 Å². The zero-order valence-electron chi connectivity index (χ0n) is 12.6. The molecule has 3 heterocycles. The molecule has 0 saturated carbocycles. The molecule has 2 aromatic rings. The highest BCUT2D eigenvalue weighted by Gasteiger charge is 2.18. The monoisotopic (exact) mass is 329 g/mol. The van der Waals surface area contributed by atoms with Crippen LogP contribution in [-0.4, -0.2) is 29.2 Å². The molecule has 1 saturated heterocycles. The highest BCUT2D eigenvalue weighted by atomic mass is 32.1. The zero-order chi connectivity index (χ0) is 16.2. The van der Waals surface area contributed by atoms with Crippen molar-refractivity contribution in [2.45, 2.75) is 19.8 Å². The van der Waals surface area contributed by atoms with Crippen LogP contribution in [0.3, 0.4) is 0 Å². The number of carbonyl (C=O) groups is 1. The summed E-state index contributed by atoms with van der Waals surface area (Å²) in [7, 11) is 0. The Morgan fingerprint density at radius 3 is 2.87 bits per heavy atom. The predicted molar refractivity (Wildman–Crippen MR) is 87.0 cm³/mol. The van der Waals surface area contributed by atoms with Gasteiger partial charge in [0.05, 0.1) is 0 Å². The molecule has 1 fully saturated rings. The number of hydrogen-bond acceptors (Lipinski definition) is 7. The quantitative estimate of drug-likeness (QED) is 0.684. The fourth-order valence-corrected chi connectivity index (χ4v) is 3.08. The number of rotatable bonds is 4. The molecule has 0 spiro atoms. The van der Waals surface area contributed by atoms with Gasteiger partial charge >= 0.3 is 0 Å². The van der Waals surface area contributed by atoms with Crippen molar-refractivity contribution < 1.29 is 9.21 Å². The van der Waals surface area contributed by atoms with Crippen molar-refractivity contribution in [1.29, 1.82) is 5.26 Å². The number of aromatic nitrogens is 2. The van der Waals surface area contributed by atoms with Gasteiger partial charge in [-0.3, -0.25) is 10.1 Å². The summed E-state index contributed by atoms with van der Waals surface area (Å²) in [5.41, 5.74) is -0.0442. The van der Waals surface area contributed by atoms with Gasteiger partial charge in [-0.15, -0.1) is 10.2 Å². The number of nitrogens with zero attached hydrogens (tertiary/aromatic N) is 4. The largest absolute Gasteiger partial charge is 0.462 e. The third-order valence-electron chi connectivity index (χ3n) is 3.42. The first-order valence-corrected chi connectivity index (χ1v) is 8.05. The topological polar surface area (TPSA) is 95.0 Å². The van der Waals surface area contributed by atoms with Gasteiger partial charge < -0.3 is 9.32 Å². The average molecular weight is 329 g/mol. The molecule has 1 amide bonds. The molecule has 0 atom stereocenters. The first-order valence-electron chi connectivity index (χ1n) is 7.24. The van der Waals surface area contributed by atoms with Crippen molar-refractivity contribution in [3.05, 3.63) is 29.2 Å². The van der Waals surface area contributed by atoms with Crippen molar-refractivity contribution in [3.8, 4) is 6.07 Å². The zero-order valence-corrected chi connectivity index (χ0v) is 13.4. The molecule has 2 aromatic heterocycles. The second-order valence-electron chi connectivity index (χ2n) is 5.16. The molecule has 118 valence electrons. The van der Waals surface area contributed by atoms with E-state index in [2.05, 4.69) is 20.4 Å². The first kappa shape index (κ1) is 15.2. The molecule has 0 unspecified atom stereocenters. The van der Waals surface area contributed by atoms with Gasteiger partial charge in [-0.05, 0) is 31.9 Å². The number of furan rings is 1. The fourth-order valence-electron chi connectivity index (χ4n) is 2.29. The summed E-state index contributed by atoms with van der Waals surface area (Å²) in [5, 5.41) is 21.0. The van der Waals surface area contributed by atoms with E-state index in [0.717, 1.165) is 31.1 Å². The van der Waals surface area contributed by atoms with Crippen LogP contribution in [0.2, 0.25) is 0 Å². The predicted octanol–water partition coefficient (Wildman–Crippen LogP) is 2.59. The smallest absolute Gasteiger partial charge is 0.268 e. The van der Waals surface area contributed by atoms with Gasteiger partial charge in [0.15, 0.2) is 0 Å². The Kier molecular flexibility index (Phi) is 4.39. The van der Waals surface area contributed by atoms with Crippen molar-refractivity contribution in [3.63, 3.8) is 0 Å². The summed E-state index contributed by atoms with van der Waals surface area (Å²) in [5.74, 6) is 0.656. The molecular weight excluding hydrogens is 314 g/mol. The van der Waals surface area contributed by atoms with Crippen LogP contribution in [0.5, 0.6) is 0 Å². The number of nitriles is 1. The minimum atomic E-state index is -0.523. The third-order valence-corrected chi connectivity index (χ3v) is 4.32. The average Bonchev–Trinajstić information content (AvgIpc) is 3.25. The second-order valence-corrected chi connectivity index (χ2v) is 6.11. The lowest BCUT2D eigenvalue weighted by atomic mass is 10.2. The van der Waals surface area contributed by atoms with Gasteiger partial charge in [0.2, 0.25) is 10.3 Å². The van der Waals surface area contributed by atoms with Gasteiger partial charge in [-0.2, -0.15) is 5.26 Å². The van der Waals surface area contributed by atoms with Crippen molar-refractivity contribution in [1.82, 2.24) is 10.2 Å². The molecule has 3 rings (SSSR count). The highest BCUT2D eigenvalue weighted by molar-refractivity contribution is 7.19. The second kappa shape index (κ2) is 6.62. The summed E-state index contributed by atoms with van der Waals surface area (Å²) in [6, 6.07) is 5.35. The molecule has 1 aliphatic rings. The van der Waals surface area contributed by atoms with Crippen molar-refractivity contribution in [2.24, 2.45) is 0 Å². The maximum atomic E-state index is 12.2. The SMILES string of the molecule is Cc1ccc(/C=C(/C#N)C(=O)Nc2nnc(N3CCCC3)s2)o1. The van der Waals surface area contributed by atoms with Gasteiger partial charge in [0.1, 0.15) is 23.2 Å². The number of amides is 1. The van der Waals surface area contributed by atoms with Gasteiger partial charge in [-0.25, -0.2) is 0 Å². The standard InChI is InChI=1S/C15H15N5O2S/c1-10-4-5-12(22-10)8-11(9-16)13(21)17-14-18-19-15(23-14)20-6-2-3-7-20/h4-5,8H,2-3,6-7H2,1H3,(H,17,18,21)/b11-8-. The van der Waals surface area contributed by atoms with Crippen molar-refractivity contribution in [2.75, 3.05) is 23.3 Å². The lowest BCUT2D eigenvalue weighted by Crippen LogP contribution is -2.17. The van der Waals surface area contributed by atoms with Crippen LogP contribution in [0.4, 0.5) is 10.3 Å². The van der Waals surface area contributed by atoms with E-state index in [0.29, 0.717) is 16.7 Å². The van der Waals surface area contributed by atoms with Crippen LogP contribution in [0.25, 0.3) is 6.08 Å². The third kappa shape index (κ3) is 3.57. The molecule has 0 aliphatic carbocycles. The molecule has 0 bridgehead atoms. The number of carbonyl (C=O) groups excluding carboxylic acids is 1. The number of anilines is 2. The molecule has 0 aromatic carbocycles. The van der Waals surface area contributed by atoms with E-state index >= 15 is 0 Å². The van der Waals surface area contributed by atoms with Crippen LogP contribution < -0.4 is 10.2 Å².